The second kappa shape index (κ2) is 9.79. The minimum Gasteiger partial charge on any atom is -0.488 e. The van der Waals surface area contributed by atoms with Crippen molar-refractivity contribution in [2.24, 2.45) is 0 Å². The molecule has 0 saturated carbocycles. The Labute approximate surface area is 190 Å². The van der Waals surface area contributed by atoms with Gasteiger partial charge in [-0.3, -0.25) is 9.59 Å². The summed E-state index contributed by atoms with van der Waals surface area (Å²) in [6.45, 7) is 1.97. The monoisotopic (exact) mass is 478 g/mol. The van der Waals surface area contributed by atoms with Crippen molar-refractivity contribution in [3.8, 4) is 5.75 Å². The van der Waals surface area contributed by atoms with Gasteiger partial charge in [0, 0.05) is 34.4 Å². The summed E-state index contributed by atoms with van der Waals surface area (Å²) in [5.41, 5.74) is 2.71. The first kappa shape index (κ1) is 21.1. The van der Waals surface area contributed by atoms with Gasteiger partial charge in [-0.25, -0.2) is 0 Å². The van der Waals surface area contributed by atoms with E-state index in [1.807, 2.05) is 35.2 Å². The summed E-state index contributed by atoms with van der Waals surface area (Å²) >= 11 is 3.51. The van der Waals surface area contributed by atoms with E-state index < -0.39 is 0 Å². The van der Waals surface area contributed by atoms with Gasteiger partial charge in [-0.05, 0) is 55.3 Å². The van der Waals surface area contributed by atoms with E-state index in [0.717, 1.165) is 36.0 Å². The van der Waals surface area contributed by atoms with Gasteiger partial charge in [0.05, 0.1) is 5.56 Å². The van der Waals surface area contributed by atoms with Crippen LogP contribution >= 0.6 is 15.9 Å². The maximum Gasteiger partial charge on any atom is 0.259 e. The number of nitrogens with zero attached hydrogens (tertiary/aromatic N) is 1. The molecule has 1 N–H and O–H groups in total. The molecule has 158 valence electrons. The standard InChI is InChI=1S/C25H23BrN2O3/c26-22-9-3-1-7-19(22)17-31-23-10-4-2-8-21(23)24(29)27-20-13-11-18(12-14-20)25(30)28-15-5-6-16-28/h1-4,7-14H,5-6,15-17H2,(H,27,29). The van der Waals surface area contributed by atoms with Crippen LogP contribution in [0.15, 0.2) is 77.3 Å². The van der Waals surface area contributed by atoms with E-state index >= 15 is 0 Å². The molecule has 2 amide bonds. The smallest absolute Gasteiger partial charge is 0.259 e. The Morgan fingerprint density at radius 1 is 0.903 bits per heavy atom. The van der Waals surface area contributed by atoms with Gasteiger partial charge in [-0.2, -0.15) is 0 Å². The van der Waals surface area contributed by atoms with Gasteiger partial charge in [0.25, 0.3) is 11.8 Å². The van der Waals surface area contributed by atoms with Crippen LogP contribution < -0.4 is 10.1 Å². The van der Waals surface area contributed by atoms with Crippen LogP contribution in [-0.4, -0.2) is 29.8 Å². The minimum atomic E-state index is -0.263. The number of anilines is 1. The van der Waals surface area contributed by atoms with Crippen LogP contribution in [0.2, 0.25) is 0 Å². The fraction of sp³-hybridized carbons (Fsp3) is 0.200. The lowest BCUT2D eigenvalue weighted by atomic mass is 10.1. The Morgan fingerprint density at radius 2 is 1.58 bits per heavy atom. The van der Waals surface area contributed by atoms with Gasteiger partial charge in [0.2, 0.25) is 0 Å². The number of hydrogen-bond acceptors (Lipinski definition) is 3. The molecule has 1 aliphatic rings. The molecule has 5 nitrogen and oxygen atoms in total. The molecule has 0 atom stereocenters. The zero-order chi connectivity index (χ0) is 21.6. The maximum absolute atomic E-state index is 12.9. The lowest BCUT2D eigenvalue weighted by Crippen LogP contribution is -2.27. The number of benzene rings is 3. The summed E-state index contributed by atoms with van der Waals surface area (Å²) < 4.78 is 6.89. The van der Waals surface area contributed by atoms with Crippen LogP contribution in [0.5, 0.6) is 5.75 Å². The van der Waals surface area contributed by atoms with Gasteiger partial charge < -0.3 is 15.0 Å². The van der Waals surface area contributed by atoms with Gasteiger partial charge >= 0.3 is 0 Å². The summed E-state index contributed by atoms with van der Waals surface area (Å²) in [5, 5.41) is 2.89. The summed E-state index contributed by atoms with van der Waals surface area (Å²) in [6, 6.07) is 22.0. The van der Waals surface area contributed by atoms with E-state index in [1.54, 1.807) is 42.5 Å². The molecule has 3 aromatic carbocycles. The number of hydrogen-bond donors (Lipinski definition) is 1. The fourth-order valence-electron chi connectivity index (χ4n) is 3.55. The predicted molar refractivity (Wildman–Crippen MR) is 124 cm³/mol. The number of halogens is 1. The first-order valence-corrected chi connectivity index (χ1v) is 11.1. The highest BCUT2D eigenvalue weighted by Gasteiger charge is 2.19. The quantitative estimate of drug-likeness (QED) is 0.507. The van der Waals surface area contributed by atoms with E-state index in [-0.39, 0.29) is 11.8 Å². The summed E-state index contributed by atoms with van der Waals surface area (Å²) in [4.78, 5) is 27.2. The molecule has 0 aliphatic carbocycles. The lowest BCUT2D eigenvalue weighted by Gasteiger charge is -2.15. The van der Waals surface area contributed by atoms with Crippen molar-refractivity contribution >= 4 is 33.4 Å². The number of carbonyl (C=O) groups excluding carboxylic acids is 2. The number of amides is 2. The van der Waals surface area contributed by atoms with Gasteiger partial charge in [-0.15, -0.1) is 0 Å². The van der Waals surface area contributed by atoms with Crippen molar-refractivity contribution in [1.29, 1.82) is 0 Å². The predicted octanol–water partition coefficient (Wildman–Crippen LogP) is 5.52. The molecule has 1 aliphatic heterocycles. The third-order valence-corrected chi connectivity index (χ3v) is 6.03. The Bertz CT molecular complexity index is 1080. The number of likely N-dealkylation sites (tertiary alicyclic amines) is 1. The average molecular weight is 479 g/mol. The van der Waals surface area contributed by atoms with Crippen molar-refractivity contribution in [2.75, 3.05) is 18.4 Å². The first-order valence-electron chi connectivity index (χ1n) is 10.3. The number of ether oxygens (including phenoxy) is 1. The molecule has 31 heavy (non-hydrogen) atoms. The van der Waals surface area contributed by atoms with Gasteiger partial charge in [0.15, 0.2) is 0 Å². The summed E-state index contributed by atoms with van der Waals surface area (Å²) in [5.74, 6) is 0.291. The zero-order valence-corrected chi connectivity index (χ0v) is 18.6. The van der Waals surface area contributed by atoms with Crippen molar-refractivity contribution in [3.63, 3.8) is 0 Å². The van der Waals surface area contributed by atoms with Crippen LogP contribution in [0.25, 0.3) is 0 Å². The maximum atomic E-state index is 12.9. The molecule has 0 unspecified atom stereocenters. The minimum absolute atomic E-state index is 0.0428. The summed E-state index contributed by atoms with van der Waals surface area (Å²) in [7, 11) is 0. The van der Waals surface area contributed by atoms with Gasteiger partial charge in [0.1, 0.15) is 12.4 Å². The third-order valence-electron chi connectivity index (χ3n) is 5.26. The fourth-order valence-corrected chi connectivity index (χ4v) is 3.95. The number of para-hydroxylation sites is 1. The molecule has 4 rings (SSSR count). The van der Waals surface area contributed by atoms with E-state index in [9.17, 15) is 9.59 Å². The molecule has 1 saturated heterocycles. The molecular weight excluding hydrogens is 456 g/mol. The van der Waals surface area contributed by atoms with Crippen molar-refractivity contribution in [1.82, 2.24) is 4.90 Å². The van der Waals surface area contributed by atoms with Gasteiger partial charge in [-0.1, -0.05) is 46.3 Å². The van der Waals surface area contributed by atoms with Crippen LogP contribution in [0, 0.1) is 0 Å². The van der Waals surface area contributed by atoms with Crippen LogP contribution in [0.4, 0.5) is 5.69 Å². The van der Waals surface area contributed by atoms with E-state index in [1.165, 1.54) is 0 Å². The van der Waals surface area contributed by atoms with Crippen molar-refractivity contribution in [3.05, 3.63) is 94.0 Å². The third kappa shape index (κ3) is 5.14. The second-order valence-electron chi connectivity index (χ2n) is 7.41. The van der Waals surface area contributed by atoms with Crippen LogP contribution in [-0.2, 0) is 6.61 Å². The van der Waals surface area contributed by atoms with E-state index in [4.69, 9.17) is 4.74 Å². The Balaban J connectivity index is 1.43. The molecule has 1 heterocycles. The highest BCUT2D eigenvalue weighted by Crippen LogP contribution is 2.23. The Morgan fingerprint density at radius 3 is 2.32 bits per heavy atom. The molecule has 6 heteroatoms. The topological polar surface area (TPSA) is 58.6 Å². The average Bonchev–Trinajstić information content (AvgIpc) is 3.34. The highest BCUT2D eigenvalue weighted by molar-refractivity contribution is 9.10. The number of rotatable bonds is 6. The molecule has 0 aromatic heterocycles. The first-order chi connectivity index (χ1) is 15.1. The molecule has 0 spiro atoms. The molecule has 0 bridgehead atoms. The Hall–Kier alpha value is -3.12. The SMILES string of the molecule is O=C(Nc1ccc(C(=O)N2CCCC2)cc1)c1ccccc1OCc1ccccc1Br. The van der Waals surface area contributed by atoms with Crippen LogP contribution in [0.3, 0.4) is 0 Å². The normalized spacial score (nSPS) is 13.1. The number of nitrogens with one attached hydrogen (secondary N) is 1. The van der Waals surface area contributed by atoms with E-state index in [2.05, 4.69) is 21.2 Å². The number of carbonyl (C=O) groups is 2. The molecule has 3 aromatic rings. The van der Waals surface area contributed by atoms with Crippen molar-refractivity contribution < 1.29 is 14.3 Å². The van der Waals surface area contributed by atoms with Crippen LogP contribution in [0.1, 0.15) is 39.1 Å². The summed E-state index contributed by atoms with van der Waals surface area (Å²) in [6.07, 6.45) is 2.12. The highest BCUT2D eigenvalue weighted by atomic mass is 79.9. The molecule has 1 fully saturated rings. The van der Waals surface area contributed by atoms with Crippen molar-refractivity contribution in [2.45, 2.75) is 19.4 Å². The zero-order valence-electron chi connectivity index (χ0n) is 17.0. The Kier molecular flexibility index (Phi) is 6.67. The van der Waals surface area contributed by atoms with E-state index in [0.29, 0.717) is 29.2 Å². The largest absolute Gasteiger partial charge is 0.488 e. The molecule has 0 radical (unpaired) electrons. The lowest BCUT2D eigenvalue weighted by molar-refractivity contribution is 0.0792. The molecular formula is C25H23BrN2O3. The second-order valence-corrected chi connectivity index (χ2v) is 8.26.